The average Bonchev–Trinajstić information content (AvgIpc) is 2.94. The van der Waals surface area contributed by atoms with E-state index in [1.54, 1.807) is 6.07 Å². The van der Waals surface area contributed by atoms with Crippen LogP contribution in [0.15, 0.2) is 30.3 Å². The molecule has 10 heteroatoms. The van der Waals surface area contributed by atoms with Crippen molar-refractivity contribution in [3.8, 4) is 23.3 Å². The summed E-state index contributed by atoms with van der Waals surface area (Å²) in [5.41, 5.74) is 5.16. The molecule has 1 unspecified atom stereocenters. The molecular formula is C20H24N2O8. The lowest BCUT2D eigenvalue weighted by molar-refractivity contribution is -0.159. The summed E-state index contributed by atoms with van der Waals surface area (Å²) in [4.78, 5) is 35.2. The SMILES string of the molecule is CC(=O)Oc1ccc(C[C@](C)(N)C(=O)OC(C)n2c(O)ccc2O)cc1OC(C)=O. The summed E-state index contributed by atoms with van der Waals surface area (Å²) in [5.74, 6) is -2.49. The zero-order valence-corrected chi connectivity index (χ0v) is 17.0. The largest absolute Gasteiger partial charge is 0.494 e. The predicted molar refractivity (Wildman–Crippen MR) is 104 cm³/mol. The molecule has 1 aromatic carbocycles. The van der Waals surface area contributed by atoms with Gasteiger partial charge in [-0.1, -0.05) is 6.07 Å². The van der Waals surface area contributed by atoms with Gasteiger partial charge in [0.25, 0.3) is 0 Å². The molecule has 0 radical (unpaired) electrons. The molecule has 2 rings (SSSR count). The number of nitrogens with two attached hydrogens (primary N) is 1. The number of hydrogen-bond donors (Lipinski definition) is 3. The van der Waals surface area contributed by atoms with E-state index in [1.807, 2.05) is 0 Å². The highest BCUT2D eigenvalue weighted by molar-refractivity contribution is 5.80. The second kappa shape index (κ2) is 8.87. The maximum absolute atomic E-state index is 12.6. The summed E-state index contributed by atoms with van der Waals surface area (Å²) in [6, 6.07) is 6.93. The smallest absolute Gasteiger partial charge is 0.328 e. The van der Waals surface area contributed by atoms with Crippen LogP contribution in [0.5, 0.6) is 23.3 Å². The van der Waals surface area contributed by atoms with E-state index in [2.05, 4.69) is 0 Å². The highest BCUT2D eigenvalue weighted by atomic mass is 16.6. The summed E-state index contributed by atoms with van der Waals surface area (Å²) < 4.78 is 16.4. The first-order valence-corrected chi connectivity index (χ1v) is 8.99. The Morgan fingerprint density at radius 2 is 1.57 bits per heavy atom. The Kier molecular flexibility index (Phi) is 6.73. The van der Waals surface area contributed by atoms with Crippen LogP contribution in [0.2, 0.25) is 0 Å². The van der Waals surface area contributed by atoms with E-state index < -0.39 is 29.7 Å². The number of benzene rings is 1. The molecule has 0 aliphatic carbocycles. The van der Waals surface area contributed by atoms with Gasteiger partial charge in [0.2, 0.25) is 0 Å². The second-order valence-electron chi connectivity index (χ2n) is 6.99. The predicted octanol–water partition coefficient (Wildman–Crippen LogP) is 1.77. The number of rotatable bonds is 7. The van der Waals surface area contributed by atoms with Gasteiger partial charge in [-0.15, -0.1) is 0 Å². The minimum Gasteiger partial charge on any atom is -0.494 e. The minimum absolute atomic E-state index is 0.00316. The molecule has 0 amide bonds. The fourth-order valence-electron chi connectivity index (χ4n) is 2.77. The van der Waals surface area contributed by atoms with Crippen molar-refractivity contribution < 1.29 is 38.8 Å². The zero-order valence-electron chi connectivity index (χ0n) is 17.0. The van der Waals surface area contributed by atoms with Crippen LogP contribution in [0.1, 0.15) is 39.5 Å². The van der Waals surface area contributed by atoms with Gasteiger partial charge in [0.15, 0.2) is 29.5 Å². The number of carbonyl (C=O) groups is 3. The highest BCUT2D eigenvalue weighted by Gasteiger charge is 2.33. The summed E-state index contributed by atoms with van der Waals surface area (Å²) in [6.45, 7) is 5.31. The van der Waals surface area contributed by atoms with Crippen molar-refractivity contribution in [1.82, 2.24) is 4.57 Å². The average molecular weight is 420 g/mol. The number of hydrogen-bond acceptors (Lipinski definition) is 9. The number of ether oxygens (including phenoxy) is 3. The third-order valence-electron chi connectivity index (χ3n) is 4.07. The monoisotopic (exact) mass is 420 g/mol. The van der Waals surface area contributed by atoms with Crippen LogP contribution in [-0.4, -0.2) is 38.2 Å². The first-order valence-electron chi connectivity index (χ1n) is 8.99. The molecule has 162 valence electrons. The Balaban J connectivity index is 2.19. The number of aromatic nitrogens is 1. The van der Waals surface area contributed by atoms with Crippen LogP contribution in [0.4, 0.5) is 0 Å². The van der Waals surface area contributed by atoms with E-state index >= 15 is 0 Å². The molecule has 0 fully saturated rings. The van der Waals surface area contributed by atoms with E-state index in [9.17, 15) is 24.6 Å². The van der Waals surface area contributed by atoms with Gasteiger partial charge in [0.1, 0.15) is 5.54 Å². The molecule has 30 heavy (non-hydrogen) atoms. The Bertz CT molecular complexity index is 944. The Labute approximate surface area is 172 Å². The lowest BCUT2D eigenvalue weighted by Gasteiger charge is -2.26. The van der Waals surface area contributed by atoms with E-state index in [-0.39, 0.29) is 29.7 Å². The summed E-state index contributed by atoms with van der Waals surface area (Å²) in [5, 5.41) is 19.5. The van der Waals surface area contributed by atoms with Crippen LogP contribution in [0.25, 0.3) is 0 Å². The molecule has 0 saturated carbocycles. The molecule has 2 aromatic rings. The minimum atomic E-state index is -1.50. The molecule has 2 atom stereocenters. The Morgan fingerprint density at radius 3 is 2.10 bits per heavy atom. The molecule has 0 aliphatic rings. The summed E-state index contributed by atoms with van der Waals surface area (Å²) in [7, 11) is 0. The van der Waals surface area contributed by atoms with Crippen LogP contribution in [0.3, 0.4) is 0 Å². The van der Waals surface area contributed by atoms with Crippen LogP contribution in [-0.2, 0) is 25.5 Å². The third kappa shape index (κ3) is 5.51. The second-order valence-corrected chi connectivity index (χ2v) is 6.99. The van der Waals surface area contributed by atoms with Crippen molar-refractivity contribution in [2.75, 3.05) is 0 Å². The van der Waals surface area contributed by atoms with Crippen molar-refractivity contribution in [1.29, 1.82) is 0 Å². The molecule has 0 bridgehead atoms. The molecular weight excluding hydrogens is 396 g/mol. The number of nitrogens with zero attached hydrogens (tertiary/aromatic N) is 1. The highest BCUT2D eigenvalue weighted by Crippen LogP contribution is 2.31. The third-order valence-corrected chi connectivity index (χ3v) is 4.07. The van der Waals surface area contributed by atoms with Gasteiger partial charge in [-0.3, -0.25) is 9.59 Å². The quantitative estimate of drug-likeness (QED) is 0.450. The lowest BCUT2D eigenvalue weighted by atomic mass is 9.94. The van der Waals surface area contributed by atoms with Gasteiger partial charge in [-0.05, 0) is 31.5 Å². The first-order chi connectivity index (χ1) is 13.9. The van der Waals surface area contributed by atoms with Crippen molar-refractivity contribution >= 4 is 17.9 Å². The number of esters is 3. The molecule has 1 heterocycles. The van der Waals surface area contributed by atoms with Crippen molar-refractivity contribution in [3.05, 3.63) is 35.9 Å². The Hall–Kier alpha value is -3.53. The standard InChI is InChI=1S/C20H24N2O8/c1-11(22-17(25)7-8-18(22)26)28-19(27)20(4,21)10-14-5-6-15(29-12(2)23)16(9-14)30-13(3)24/h5-9,11,25-26H,10,21H2,1-4H3/t11?,20-/m0/s1. The first kappa shape index (κ1) is 22.8. The van der Waals surface area contributed by atoms with E-state index in [1.165, 1.54) is 52.0 Å². The van der Waals surface area contributed by atoms with Crippen LogP contribution in [0, 0.1) is 0 Å². The van der Waals surface area contributed by atoms with Gasteiger partial charge in [0, 0.05) is 32.4 Å². The molecule has 4 N–H and O–H groups in total. The lowest BCUT2D eigenvalue weighted by Crippen LogP contribution is -2.48. The van der Waals surface area contributed by atoms with Gasteiger partial charge >= 0.3 is 17.9 Å². The van der Waals surface area contributed by atoms with Gasteiger partial charge in [-0.25, -0.2) is 9.36 Å². The zero-order chi connectivity index (χ0) is 22.6. The maximum Gasteiger partial charge on any atom is 0.328 e. The summed E-state index contributed by atoms with van der Waals surface area (Å²) >= 11 is 0. The number of carbonyl (C=O) groups excluding carboxylic acids is 3. The fraction of sp³-hybridized carbons (Fsp3) is 0.350. The van der Waals surface area contributed by atoms with Gasteiger partial charge < -0.3 is 30.2 Å². The van der Waals surface area contributed by atoms with Crippen LogP contribution >= 0.6 is 0 Å². The number of aromatic hydroxyl groups is 2. The van der Waals surface area contributed by atoms with Gasteiger partial charge in [-0.2, -0.15) is 0 Å². The molecule has 0 spiro atoms. The Morgan fingerprint density at radius 1 is 1.03 bits per heavy atom. The van der Waals surface area contributed by atoms with Crippen molar-refractivity contribution in [3.63, 3.8) is 0 Å². The van der Waals surface area contributed by atoms with Gasteiger partial charge in [0.05, 0.1) is 0 Å². The maximum atomic E-state index is 12.6. The molecule has 0 saturated heterocycles. The van der Waals surface area contributed by atoms with Crippen LogP contribution < -0.4 is 15.2 Å². The van der Waals surface area contributed by atoms with E-state index in [0.29, 0.717) is 5.56 Å². The van der Waals surface area contributed by atoms with Crippen molar-refractivity contribution in [2.45, 2.75) is 45.9 Å². The molecule has 10 nitrogen and oxygen atoms in total. The normalized spacial score (nSPS) is 13.8. The van der Waals surface area contributed by atoms with E-state index in [0.717, 1.165) is 4.57 Å². The topological polar surface area (TPSA) is 150 Å². The summed E-state index contributed by atoms with van der Waals surface area (Å²) in [6.07, 6.45) is -1.02. The van der Waals surface area contributed by atoms with E-state index in [4.69, 9.17) is 19.9 Å². The molecule has 1 aromatic heterocycles. The molecule has 0 aliphatic heterocycles. The fourth-order valence-corrected chi connectivity index (χ4v) is 2.77. The van der Waals surface area contributed by atoms with Crippen molar-refractivity contribution in [2.24, 2.45) is 5.73 Å².